The summed E-state index contributed by atoms with van der Waals surface area (Å²) in [4.78, 5) is 49.4. The maximum atomic E-state index is 12.8. The molecule has 0 bridgehead atoms. The van der Waals surface area contributed by atoms with Crippen LogP contribution in [0.3, 0.4) is 0 Å². The molecule has 2 heterocycles. The van der Waals surface area contributed by atoms with Crippen LogP contribution < -0.4 is 10.1 Å². The Morgan fingerprint density at radius 1 is 1.29 bits per heavy atom. The second-order valence-electron chi connectivity index (χ2n) is 6.96. The molecule has 0 radical (unpaired) electrons. The van der Waals surface area contributed by atoms with Crippen LogP contribution in [0.25, 0.3) is 6.08 Å². The van der Waals surface area contributed by atoms with E-state index in [4.69, 9.17) is 25.5 Å². The summed E-state index contributed by atoms with van der Waals surface area (Å²) < 4.78 is 20.8. The number of urea groups is 1. The molecule has 2 aromatic rings. The van der Waals surface area contributed by atoms with Crippen LogP contribution in [0, 0.1) is 0 Å². The first-order valence-electron chi connectivity index (χ1n) is 9.98. The third-order valence-electron chi connectivity index (χ3n) is 4.57. The molecule has 12 heteroatoms. The van der Waals surface area contributed by atoms with Crippen LogP contribution in [0.1, 0.15) is 35.7 Å². The normalized spacial score (nSPS) is 15.3. The highest BCUT2D eigenvalue weighted by Crippen LogP contribution is 2.36. The van der Waals surface area contributed by atoms with Gasteiger partial charge >= 0.3 is 18.0 Å². The Kier molecular flexibility index (Phi) is 8.00. The summed E-state index contributed by atoms with van der Waals surface area (Å²) in [6.07, 6.45) is 0.556. The molecule has 1 saturated heterocycles. The number of hydrogen-bond acceptors (Lipinski definition) is 8. The van der Waals surface area contributed by atoms with Gasteiger partial charge in [-0.1, -0.05) is 11.6 Å². The Morgan fingerprint density at radius 2 is 2.03 bits per heavy atom. The van der Waals surface area contributed by atoms with Crippen molar-refractivity contribution in [2.45, 2.75) is 26.5 Å². The minimum absolute atomic E-state index is 0.0151. The van der Waals surface area contributed by atoms with Gasteiger partial charge in [0.05, 0.1) is 29.8 Å². The summed E-state index contributed by atoms with van der Waals surface area (Å²) in [6.45, 7) is 3.26. The molecule has 0 aliphatic carbocycles. The van der Waals surface area contributed by atoms with Crippen molar-refractivity contribution in [3.8, 4) is 5.75 Å². The molecule has 1 aromatic carbocycles. The number of benzene rings is 1. The summed E-state index contributed by atoms with van der Waals surface area (Å²) in [7, 11) is 1.21. The molecule has 0 unspecified atom stereocenters. The van der Waals surface area contributed by atoms with Crippen LogP contribution in [-0.4, -0.2) is 48.6 Å². The topological polar surface area (TPSA) is 124 Å². The van der Waals surface area contributed by atoms with Crippen LogP contribution in [0.2, 0.25) is 5.02 Å². The third-order valence-corrected chi connectivity index (χ3v) is 5.44. The van der Waals surface area contributed by atoms with Crippen molar-refractivity contribution in [2.24, 2.45) is 0 Å². The Balaban J connectivity index is 1.76. The molecule has 1 N–H and O–H groups in total. The van der Waals surface area contributed by atoms with E-state index in [2.05, 4.69) is 26.0 Å². The van der Waals surface area contributed by atoms with Crippen molar-refractivity contribution in [1.29, 1.82) is 0 Å². The van der Waals surface area contributed by atoms with Crippen molar-refractivity contribution in [1.82, 2.24) is 10.2 Å². The quantitative estimate of drug-likeness (QED) is 0.295. The second-order valence-corrected chi connectivity index (χ2v) is 8.22. The van der Waals surface area contributed by atoms with E-state index in [0.29, 0.717) is 10.0 Å². The fraction of sp³-hybridized carbons (Fsp3) is 0.273. The van der Waals surface area contributed by atoms with E-state index in [-0.39, 0.29) is 41.1 Å². The highest BCUT2D eigenvalue weighted by atomic mass is 79.9. The molecule has 3 amide bonds. The van der Waals surface area contributed by atoms with Crippen molar-refractivity contribution < 1.29 is 37.8 Å². The van der Waals surface area contributed by atoms with Crippen molar-refractivity contribution in [2.75, 3.05) is 13.7 Å². The summed E-state index contributed by atoms with van der Waals surface area (Å²) in [6, 6.07) is 5.34. The van der Waals surface area contributed by atoms with E-state index < -0.39 is 30.0 Å². The first kappa shape index (κ1) is 25.3. The lowest BCUT2D eigenvalue weighted by molar-refractivity contribution is -0.150. The number of nitrogens with zero attached hydrogens (tertiary/aromatic N) is 1. The maximum Gasteiger partial charge on any atom is 0.373 e. The lowest BCUT2D eigenvalue weighted by Crippen LogP contribution is -2.30. The Morgan fingerprint density at radius 3 is 2.68 bits per heavy atom. The minimum Gasteiger partial charge on any atom is -0.476 e. The summed E-state index contributed by atoms with van der Waals surface area (Å²) in [5.41, 5.74) is 0.505. The number of esters is 2. The highest BCUT2D eigenvalue weighted by Gasteiger charge is 2.34. The molecule has 1 aliphatic rings. The van der Waals surface area contributed by atoms with Crippen molar-refractivity contribution in [3.05, 3.63) is 56.5 Å². The molecule has 1 fully saturated rings. The molecule has 1 atom stereocenters. The molecule has 34 heavy (non-hydrogen) atoms. The molecule has 3 rings (SSSR count). The van der Waals surface area contributed by atoms with Crippen molar-refractivity contribution >= 4 is 57.5 Å². The van der Waals surface area contributed by atoms with Crippen LogP contribution >= 0.6 is 27.5 Å². The molecular formula is C22H20BrClN2O8. The maximum absolute atomic E-state index is 12.8. The Labute approximate surface area is 207 Å². The predicted octanol–water partition coefficient (Wildman–Crippen LogP) is 3.91. The van der Waals surface area contributed by atoms with Gasteiger partial charge in [0.1, 0.15) is 11.5 Å². The zero-order chi connectivity index (χ0) is 25.0. The summed E-state index contributed by atoms with van der Waals surface area (Å²) >= 11 is 9.66. The number of furan rings is 1. The van der Waals surface area contributed by atoms with E-state index in [1.807, 2.05) is 0 Å². The number of hydrogen-bond donors (Lipinski definition) is 1. The van der Waals surface area contributed by atoms with Gasteiger partial charge in [0.2, 0.25) is 5.76 Å². The zero-order valence-electron chi connectivity index (χ0n) is 18.3. The number of imide groups is 1. The monoisotopic (exact) mass is 554 g/mol. The number of rotatable bonds is 8. The minimum atomic E-state index is -0.886. The molecule has 180 valence electrons. The van der Waals surface area contributed by atoms with Crippen LogP contribution in [0.5, 0.6) is 5.75 Å². The number of methoxy groups -OCH3 is 1. The van der Waals surface area contributed by atoms with E-state index in [9.17, 15) is 19.2 Å². The van der Waals surface area contributed by atoms with Crippen LogP contribution in [0.4, 0.5) is 4.79 Å². The van der Waals surface area contributed by atoms with Gasteiger partial charge in [0.15, 0.2) is 11.9 Å². The SMILES string of the molecule is CCOC(=O)[C@H](C)Oc1c(Cl)cc(/C=C2\NC(=O)N(Cc3ccc(C(=O)OC)o3)C2=O)cc1Br. The fourth-order valence-corrected chi connectivity index (χ4v) is 3.93. The molecule has 1 aromatic heterocycles. The Bertz CT molecular complexity index is 1150. The molecule has 10 nitrogen and oxygen atoms in total. The van der Waals surface area contributed by atoms with E-state index in [0.717, 1.165) is 4.90 Å². The lowest BCUT2D eigenvalue weighted by atomic mass is 10.1. The number of halogens is 2. The average molecular weight is 556 g/mol. The molecular weight excluding hydrogens is 536 g/mol. The Hall–Kier alpha value is -3.31. The van der Waals surface area contributed by atoms with Crippen molar-refractivity contribution in [3.63, 3.8) is 0 Å². The fourth-order valence-electron chi connectivity index (χ4n) is 2.97. The van der Waals surface area contributed by atoms with Gasteiger partial charge < -0.3 is 23.9 Å². The number of amides is 3. The van der Waals surface area contributed by atoms with Gasteiger partial charge in [-0.05, 0) is 65.7 Å². The number of nitrogens with one attached hydrogen (secondary N) is 1. The van der Waals surface area contributed by atoms with Crippen LogP contribution in [0.15, 0.2) is 38.9 Å². The number of carbonyl (C=O) groups is 4. The second kappa shape index (κ2) is 10.7. The van der Waals surface area contributed by atoms with Gasteiger partial charge in [0.25, 0.3) is 5.91 Å². The summed E-state index contributed by atoms with van der Waals surface area (Å²) in [5.74, 6) is -1.38. The van der Waals surface area contributed by atoms with Gasteiger partial charge in [0, 0.05) is 0 Å². The van der Waals surface area contributed by atoms with Gasteiger partial charge in [-0.2, -0.15) is 0 Å². The first-order valence-corrected chi connectivity index (χ1v) is 11.2. The van der Waals surface area contributed by atoms with Crippen LogP contribution in [-0.2, 0) is 25.6 Å². The standard InChI is InChI=1S/C22H20BrClN2O8/c1-4-32-20(28)11(2)33-18-14(23)7-12(8-15(18)24)9-16-19(27)26(22(30)25-16)10-13-5-6-17(34-13)21(29)31-3/h5-9,11H,4,10H2,1-3H3,(H,25,30)/b16-9-/t11-/m0/s1. The lowest BCUT2D eigenvalue weighted by Gasteiger charge is -2.16. The molecule has 1 aliphatic heterocycles. The highest BCUT2D eigenvalue weighted by molar-refractivity contribution is 9.10. The number of carbonyl (C=O) groups excluding carboxylic acids is 4. The smallest absolute Gasteiger partial charge is 0.373 e. The predicted molar refractivity (Wildman–Crippen MR) is 123 cm³/mol. The van der Waals surface area contributed by atoms with E-state index in [1.165, 1.54) is 38.3 Å². The largest absolute Gasteiger partial charge is 0.476 e. The average Bonchev–Trinajstić information content (AvgIpc) is 3.36. The van der Waals surface area contributed by atoms with Gasteiger partial charge in [-0.25, -0.2) is 14.4 Å². The number of ether oxygens (including phenoxy) is 3. The molecule has 0 spiro atoms. The third kappa shape index (κ3) is 5.60. The van der Waals surface area contributed by atoms with E-state index in [1.54, 1.807) is 13.0 Å². The van der Waals surface area contributed by atoms with Gasteiger partial charge in [-0.3, -0.25) is 9.69 Å². The van der Waals surface area contributed by atoms with E-state index >= 15 is 0 Å². The summed E-state index contributed by atoms with van der Waals surface area (Å²) in [5, 5.41) is 2.67. The zero-order valence-corrected chi connectivity index (χ0v) is 20.7. The first-order chi connectivity index (χ1) is 16.1. The van der Waals surface area contributed by atoms with Gasteiger partial charge in [-0.15, -0.1) is 0 Å². The molecule has 0 saturated carbocycles.